The number of aromatic nitrogens is 1. The number of carbonyl (C=O) groups is 1. The Hall–Kier alpha value is -1.62. The van der Waals surface area contributed by atoms with E-state index in [0.717, 1.165) is 25.2 Å². The Morgan fingerprint density at radius 3 is 2.80 bits per heavy atom. The van der Waals surface area contributed by atoms with Crippen LogP contribution in [-0.2, 0) is 0 Å². The minimum absolute atomic E-state index is 0.276. The molecule has 2 N–H and O–H groups in total. The third-order valence-electron chi connectivity index (χ3n) is 3.95. The van der Waals surface area contributed by atoms with E-state index in [1.165, 1.54) is 19.3 Å². The van der Waals surface area contributed by atoms with E-state index in [1.807, 2.05) is 0 Å². The van der Waals surface area contributed by atoms with Crippen LogP contribution in [-0.4, -0.2) is 46.6 Å². The van der Waals surface area contributed by atoms with Crippen molar-refractivity contribution in [1.82, 2.24) is 9.88 Å². The van der Waals surface area contributed by atoms with Gasteiger partial charge in [-0.25, -0.2) is 9.78 Å². The first kappa shape index (κ1) is 14.8. The number of aromatic carboxylic acids is 1. The number of nitrogens with one attached hydrogen (secondary N) is 1. The average Bonchev–Trinajstić information content (AvgIpc) is 2.45. The molecule has 1 fully saturated rings. The number of aryl methyl sites for hydroxylation is 1. The third-order valence-corrected chi connectivity index (χ3v) is 3.95. The van der Waals surface area contributed by atoms with E-state index >= 15 is 0 Å². The fraction of sp³-hybridized carbons (Fsp3) is 0.600. The molecule has 0 spiro atoms. The number of likely N-dealkylation sites (tertiary alicyclic amines) is 1. The standard InChI is InChI=1S/C15H23N3O2/c1-11-6-7-16-14(13(11)15(19)20)17-10-12(2)18-8-4-3-5-9-18/h6-7,12H,3-5,8-10H2,1-2H3,(H,16,17)(H,19,20). The summed E-state index contributed by atoms with van der Waals surface area (Å²) in [5, 5.41) is 12.5. The molecule has 1 aliphatic rings. The van der Waals surface area contributed by atoms with Crippen molar-refractivity contribution < 1.29 is 9.90 Å². The fourth-order valence-corrected chi connectivity index (χ4v) is 2.69. The number of piperidine rings is 1. The third kappa shape index (κ3) is 3.48. The summed E-state index contributed by atoms with van der Waals surface area (Å²) in [6.07, 6.45) is 5.48. The van der Waals surface area contributed by atoms with Gasteiger partial charge in [0.15, 0.2) is 0 Å². The Labute approximate surface area is 120 Å². The van der Waals surface area contributed by atoms with Crippen LogP contribution in [0.4, 0.5) is 5.82 Å². The van der Waals surface area contributed by atoms with E-state index in [1.54, 1.807) is 19.2 Å². The SMILES string of the molecule is Cc1ccnc(NCC(C)N2CCCCC2)c1C(=O)O. The van der Waals surface area contributed by atoms with Crippen molar-refractivity contribution >= 4 is 11.8 Å². The molecule has 2 rings (SSSR count). The maximum absolute atomic E-state index is 11.3. The van der Waals surface area contributed by atoms with Crippen LogP contribution in [0.5, 0.6) is 0 Å². The van der Waals surface area contributed by atoms with Gasteiger partial charge in [-0.15, -0.1) is 0 Å². The first-order chi connectivity index (χ1) is 9.59. The van der Waals surface area contributed by atoms with E-state index in [-0.39, 0.29) is 5.56 Å². The number of rotatable bonds is 5. The summed E-state index contributed by atoms with van der Waals surface area (Å²) in [7, 11) is 0. The maximum Gasteiger partial charge on any atom is 0.339 e. The van der Waals surface area contributed by atoms with Gasteiger partial charge in [-0.2, -0.15) is 0 Å². The van der Waals surface area contributed by atoms with Crippen LogP contribution in [0.1, 0.15) is 42.1 Å². The highest BCUT2D eigenvalue weighted by Gasteiger charge is 2.18. The summed E-state index contributed by atoms with van der Waals surface area (Å²) < 4.78 is 0. The molecule has 0 aliphatic carbocycles. The zero-order valence-corrected chi connectivity index (χ0v) is 12.2. The lowest BCUT2D eigenvalue weighted by atomic mass is 10.1. The summed E-state index contributed by atoms with van der Waals surface area (Å²) in [6, 6.07) is 2.11. The van der Waals surface area contributed by atoms with Crippen molar-refractivity contribution in [3.63, 3.8) is 0 Å². The largest absolute Gasteiger partial charge is 0.478 e. The summed E-state index contributed by atoms with van der Waals surface area (Å²) in [4.78, 5) is 17.9. The molecule has 1 aliphatic heterocycles. The summed E-state index contributed by atoms with van der Waals surface area (Å²) in [5.41, 5.74) is 1.01. The Bertz CT molecular complexity index is 470. The Kier molecular flexibility index (Phi) is 4.95. The molecule has 1 saturated heterocycles. The van der Waals surface area contributed by atoms with Crippen LogP contribution >= 0.6 is 0 Å². The lowest BCUT2D eigenvalue weighted by Crippen LogP contribution is -2.41. The molecule has 20 heavy (non-hydrogen) atoms. The Morgan fingerprint density at radius 2 is 2.15 bits per heavy atom. The van der Waals surface area contributed by atoms with E-state index in [0.29, 0.717) is 11.9 Å². The van der Waals surface area contributed by atoms with Crippen molar-refractivity contribution in [3.05, 3.63) is 23.4 Å². The quantitative estimate of drug-likeness (QED) is 0.865. The highest BCUT2D eigenvalue weighted by Crippen LogP contribution is 2.17. The molecule has 0 amide bonds. The van der Waals surface area contributed by atoms with Gasteiger partial charge in [0, 0.05) is 18.8 Å². The highest BCUT2D eigenvalue weighted by atomic mass is 16.4. The number of nitrogens with zero attached hydrogens (tertiary/aromatic N) is 2. The van der Waals surface area contributed by atoms with E-state index < -0.39 is 5.97 Å². The number of pyridine rings is 1. The average molecular weight is 277 g/mol. The molecule has 5 nitrogen and oxygen atoms in total. The van der Waals surface area contributed by atoms with Crippen LogP contribution in [0.25, 0.3) is 0 Å². The summed E-state index contributed by atoms with van der Waals surface area (Å²) in [6.45, 7) is 6.96. The minimum atomic E-state index is -0.927. The molecule has 0 aromatic carbocycles. The molecule has 1 unspecified atom stereocenters. The molecular formula is C15H23N3O2. The van der Waals surface area contributed by atoms with Crippen LogP contribution < -0.4 is 5.32 Å². The molecule has 0 saturated carbocycles. The van der Waals surface area contributed by atoms with Crippen molar-refractivity contribution in [2.45, 2.75) is 39.2 Å². The molecular weight excluding hydrogens is 254 g/mol. The van der Waals surface area contributed by atoms with E-state index in [2.05, 4.69) is 22.1 Å². The van der Waals surface area contributed by atoms with Crippen molar-refractivity contribution in [2.24, 2.45) is 0 Å². The smallest absolute Gasteiger partial charge is 0.339 e. The molecule has 5 heteroatoms. The Balaban J connectivity index is 2.00. The van der Waals surface area contributed by atoms with E-state index in [9.17, 15) is 9.90 Å². The molecule has 1 aromatic heterocycles. The fourth-order valence-electron chi connectivity index (χ4n) is 2.69. The lowest BCUT2D eigenvalue weighted by molar-refractivity contribution is 0.0696. The zero-order chi connectivity index (χ0) is 14.5. The van der Waals surface area contributed by atoms with Crippen molar-refractivity contribution in [1.29, 1.82) is 0 Å². The van der Waals surface area contributed by atoms with Crippen LogP contribution in [0.3, 0.4) is 0 Å². The van der Waals surface area contributed by atoms with E-state index in [4.69, 9.17) is 0 Å². The van der Waals surface area contributed by atoms with Gasteiger partial charge >= 0.3 is 5.97 Å². The lowest BCUT2D eigenvalue weighted by Gasteiger charge is -2.32. The van der Waals surface area contributed by atoms with Crippen LogP contribution in [0, 0.1) is 6.92 Å². The number of hydrogen-bond acceptors (Lipinski definition) is 4. The zero-order valence-electron chi connectivity index (χ0n) is 12.2. The van der Waals surface area contributed by atoms with Crippen molar-refractivity contribution in [3.8, 4) is 0 Å². The van der Waals surface area contributed by atoms with Gasteiger partial charge in [0.25, 0.3) is 0 Å². The topological polar surface area (TPSA) is 65.5 Å². The first-order valence-electron chi connectivity index (χ1n) is 7.26. The summed E-state index contributed by atoms with van der Waals surface area (Å²) >= 11 is 0. The second-order valence-electron chi connectivity index (χ2n) is 5.48. The Morgan fingerprint density at radius 1 is 1.45 bits per heavy atom. The van der Waals surface area contributed by atoms with Gasteiger partial charge in [-0.1, -0.05) is 6.42 Å². The number of carboxylic acid groups (broad SMARTS) is 1. The molecule has 2 heterocycles. The predicted molar refractivity (Wildman–Crippen MR) is 79.3 cm³/mol. The van der Waals surface area contributed by atoms with Gasteiger partial charge in [0.1, 0.15) is 11.4 Å². The number of carboxylic acids is 1. The normalized spacial score (nSPS) is 17.7. The van der Waals surface area contributed by atoms with Gasteiger partial charge in [-0.3, -0.25) is 4.90 Å². The first-order valence-corrected chi connectivity index (χ1v) is 7.26. The molecule has 0 radical (unpaired) electrons. The molecule has 1 atom stereocenters. The molecule has 110 valence electrons. The van der Waals surface area contributed by atoms with Crippen molar-refractivity contribution in [2.75, 3.05) is 25.0 Å². The second kappa shape index (κ2) is 6.70. The van der Waals surface area contributed by atoms with Gasteiger partial charge < -0.3 is 10.4 Å². The minimum Gasteiger partial charge on any atom is -0.478 e. The van der Waals surface area contributed by atoms with Crippen LogP contribution in [0.15, 0.2) is 12.3 Å². The highest BCUT2D eigenvalue weighted by molar-refractivity contribution is 5.94. The molecule has 1 aromatic rings. The van der Waals surface area contributed by atoms with Gasteiger partial charge in [0.05, 0.1) is 0 Å². The number of anilines is 1. The maximum atomic E-state index is 11.3. The van der Waals surface area contributed by atoms with Gasteiger partial charge in [-0.05, 0) is 51.4 Å². The van der Waals surface area contributed by atoms with Crippen LogP contribution in [0.2, 0.25) is 0 Å². The number of hydrogen-bond donors (Lipinski definition) is 2. The second-order valence-corrected chi connectivity index (χ2v) is 5.48. The van der Waals surface area contributed by atoms with Gasteiger partial charge in [0.2, 0.25) is 0 Å². The monoisotopic (exact) mass is 277 g/mol. The molecule has 0 bridgehead atoms. The predicted octanol–water partition coefficient (Wildman–Crippen LogP) is 2.37. The summed E-state index contributed by atoms with van der Waals surface area (Å²) in [5.74, 6) is -0.454.